The Hall–Kier alpha value is -1.83. The minimum Gasteiger partial charge on any atom is -0.450 e. The first kappa shape index (κ1) is 19.5. The summed E-state index contributed by atoms with van der Waals surface area (Å²) in [6, 6.07) is 0.0594. The van der Waals surface area contributed by atoms with Crippen molar-refractivity contribution in [1.29, 1.82) is 0 Å². The molecule has 25 heavy (non-hydrogen) atoms. The summed E-state index contributed by atoms with van der Waals surface area (Å²) in [5, 5.41) is 3.05. The Labute approximate surface area is 149 Å². The van der Waals surface area contributed by atoms with Gasteiger partial charge in [-0.1, -0.05) is 0 Å². The van der Waals surface area contributed by atoms with Crippen molar-refractivity contribution in [3.05, 3.63) is 0 Å². The number of piperidine rings is 1. The molecule has 1 unspecified atom stereocenters. The Balaban J connectivity index is 1.74. The lowest BCUT2D eigenvalue weighted by atomic mass is 10.0. The van der Waals surface area contributed by atoms with Crippen LogP contribution in [0.2, 0.25) is 0 Å². The monoisotopic (exact) mass is 354 g/mol. The third-order valence-corrected chi connectivity index (χ3v) is 4.77. The molecule has 2 heterocycles. The van der Waals surface area contributed by atoms with E-state index in [9.17, 15) is 14.4 Å². The molecule has 142 valence electrons. The van der Waals surface area contributed by atoms with Crippen LogP contribution in [0.25, 0.3) is 0 Å². The lowest BCUT2D eigenvalue weighted by Crippen LogP contribution is -2.48. The number of hydrogen-bond donors (Lipinski definition) is 1. The molecule has 0 bridgehead atoms. The second kappa shape index (κ2) is 9.03. The summed E-state index contributed by atoms with van der Waals surface area (Å²) >= 11 is 0. The SMILES string of the molecule is CCOC(=O)N1CCC(NC(=O)C2CC(=O)N(CCN(C)C)C2)CC1. The number of ether oxygens (including phenoxy) is 1. The highest BCUT2D eigenvalue weighted by Gasteiger charge is 2.35. The van der Waals surface area contributed by atoms with Crippen molar-refractivity contribution in [2.75, 3.05) is 53.4 Å². The van der Waals surface area contributed by atoms with Crippen LogP contribution in [-0.4, -0.2) is 92.1 Å². The number of likely N-dealkylation sites (tertiary alicyclic amines) is 2. The van der Waals surface area contributed by atoms with Crippen LogP contribution < -0.4 is 5.32 Å². The molecule has 3 amide bonds. The fourth-order valence-electron chi connectivity index (χ4n) is 3.22. The summed E-state index contributed by atoms with van der Waals surface area (Å²) in [5.74, 6) is -0.257. The molecular weight excluding hydrogens is 324 g/mol. The van der Waals surface area contributed by atoms with E-state index in [1.165, 1.54) is 0 Å². The summed E-state index contributed by atoms with van der Waals surface area (Å²) in [6.45, 7) is 5.29. The second-order valence-electron chi connectivity index (χ2n) is 7.01. The highest BCUT2D eigenvalue weighted by Crippen LogP contribution is 2.19. The molecule has 0 aliphatic carbocycles. The van der Waals surface area contributed by atoms with Crippen molar-refractivity contribution in [1.82, 2.24) is 20.0 Å². The van der Waals surface area contributed by atoms with Gasteiger partial charge in [0.2, 0.25) is 11.8 Å². The largest absolute Gasteiger partial charge is 0.450 e. The smallest absolute Gasteiger partial charge is 0.409 e. The number of carbonyl (C=O) groups excluding carboxylic acids is 3. The lowest BCUT2D eigenvalue weighted by Gasteiger charge is -2.32. The van der Waals surface area contributed by atoms with Gasteiger partial charge in [0.15, 0.2) is 0 Å². The summed E-state index contributed by atoms with van der Waals surface area (Å²) in [5.41, 5.74) is 0. The zero-order valence-corrected chi connectivity index (χ0v) is 15.5. The Bertz CT molecular complexity index is 489. The first-order chi connectivity index (χ1) is 11.9. The molecule has 0 aromatic carbocycles. The van der Waals surface area contributed by atoms with E-state index in [2.05, 4.69) is 5.32 Å². The van der Waals surface area contributed by atoms with Crippen LogP contribution in [0.4, 0.5) is 4.79 Å². The van der Waals surface area contributed by atoms with Gasteiger partial charge in [-0.3, -0.25) is 9.59 Å². The number of hydrogen-bond acceptors (Lipinski definition) is 5. The zero-order valence-electron chi connectivity index (χ0n) is 15.5. The Morgan fingerprint density at radius 1 is 1.28 bits per heavy atom. The van der Waals surface area contributed by atoms with Gasteiger partial charge in [-0.2, -0.15) is 0 Å². The Morgan fingerprint density at radius 2 is 1.96 bits per heavy atom. The lowest BCUT2D eigenvalue weighted by molar-refractivity contribution is -0.129. The molecule has 0 spiro atoms. The molecule has 8 nitrogen and oxygen atoms in total. The van der Waals surface area contributed by atoms with E-state index in [4.69, 9.17) is 4.74 Å². The number of nitrogens with zero attached hydrogens (tertiary/aromatic N) is 3. The number of likely N-dealkylation sites (N-methyl/N-ethyl adjacent to an activating group) is 1. The Morgan fingerprint density at radius 3 is 2.56 bits per heavy atom. The number of nitrogens with one attached hydrogen (secondary N) is 1. The molecule has 2 rings (SSSR count). The third-order valence-electron chi connectivity index (χ3n) is 4.77. The second-order valence-corrected chi connectivity index (χ2v) is 7.01. The van der Waals surface area contributed by atoms with Gasteiger partial charge in [0.05, 0.1) is 12.5 Å². The van der Waals surface area contributed by atoms with Crippen LogP contribution in [0.5, 0.6) is 0 Å². The molecule has 0 radical (unpaired) electrons. The van der Waals surface area contributed by atoms with Crippen molar-refractivity contribution >= 4 is 17.9 Å². The van der Waals surface area contributed by atoms with Gasteiger partial charge in [-0.25, -0.2) is 4.79 Å². The highest BCUT2D eigenvalue weighted by atomic mass is 16.6. The fourth-order valence-corrected chi connectivity index (χ4v) is 3.22. The highest BCUT2D eigenvalue weighted by molar-refractivity contribution is 5.89. The summed E-state index contributed by atoms with van der Waals surface area (Å²) < 4.78 is 5.00. The van der Waals surface area contributed by atoms with Gasteiger partial charge in [-0.15, -0.1) is 0 Å². The van der Waals surface area contributed by atoms with Crippen LogP contribution in [0.1, 0.15) is 26.2 Å². The molecule has 1 atom stereocenters. The van der Waals surface area contributed by atoms with E-state index >= 15 is 0 Å². The average Bonchev–Trinajstić information content (AvgIpc) is 2.95. The predicted octanol–water partition coefficient (Wildman–Crippen LogP) is 0.134. The number of amides is 3. The van der Waals surface area contributed by atoms with Crippen molar-refractivity contribution in [2.24, 2.45) is 5.92 Å². The molecular formula is C17H30N4O4. The van der Waals surface area contributed by atoms with Crippen LogP contribution in [-0.2, 0) is 14.3 Å². The zero-order chi connectivity index (χ0) is 18.4. The normalized spacial score (nSPS) is 21.8. The molecule has 2 aliphatic heterocycles. The van der Waals surface area contributed by atoms with E-state index in [0.717, 1.165) is 19.4 Å². The summed E-state index contributed by atoms with van der Waals surface area (Å²) in [6.07, 6.45) is 1.44. The van der Waals surface area contributed by atoms with Gasteiger partial charge in [0, 0.05) is 45.2 Å². The van der Waals surface area contributed by atoms with E-state index in [0.29, 0.717) is 39.2 Å². The average molecular weight is 354 g/mol. The minimum atomic E-state index is -0.287. The maximum atomic E-state index is 12.5. The summed E-state index contributed by atoms with van der Waals surface area (Å²) in [4.78, 5) is 41.7. The van der Waals surface area contributed by atoms with Gasteiger partial charge < -0.3 is 24.8 Å². The molecule has 2 saturated heterocycles. The topological polar surface area (TPSA) is 82.2 Å². The van der Waals surface area contributed by atoms with Crippen LogP contribution >= 0.6 is 0 Å². The van der Waals surface area contributed by atoms with Gasteiger partial charge >= 0.3 is 6.09 Å². The van der Waals surface area contributed by atoms with E-state index in [-0.39, 0.29) is 29.9 Å². The minimum absolute atomic E-state index is 0.0460. The molecule has 8 heteroatoms. The van der Waals surface area contributed by atoms with Gasteiger partial charge in [-0.05, 0) is 33.9 Å². The number of carbonyl (C=O) groups is 3. The molecule has 1 N–H and O–H groups in total. The Kier molecular flexibility index (Phi) is 7.04. The van der Waals surface area contributed by atoms with Crippen molar-refractivity contribution in [3.63, 3.8) is 0 Å². The summed E-state index contributed by atoms with van der Waals surface area (Å²) in [7, 11) is 3.93. The van der Waals surface area contributed by atoms with Crippen molar-refractivity contribution in [3.8, 4) is 0 Å². The first-order valence-electron chi connectivity index (χ1n) is 9.05. The molecule has 0 aromatic heterocycles. The maximum absolute atomic E-state index is 12.5. The third kappa shape index (κ3) is 5.59. The molecule has 0 aromatic rings. The van der Waals surface area contributed by atoms with Gasteiger partial charge in [0.1, 0.15) is 0 Å². The first-order valence-corrected chi connectivity index (χ1v) is 9.05. The predicted molar refractivity (Wildman–Crippen MR) is 93.0 cm³/mol. The van der Waals surface area contributed by atoms with E-state index < -0.39 is 0 Å². The van der Waals surface area contributed by atoms with Crippen molar-refractivity contribution in [2.45, 2.75) is 32.2 Å². The molecule has 2 aliphatic rings. The standard InChI is InChI=1S/C17H30N4O4/c1-4-25-17(24)20-7-5-14(6-8-20)18-16(23)13-11-15(22)21(12-13)10-9-19(2)3/h13-14H,4-12H2,1-3H3,(H,18,23). The molecule has 0 saturated carbocycles. The van der Waals surface area contributed by atoms with Crippen LogP contribution in [0.3, 0.4) is 0 Å². The van der Waals surface area contributed by atoms with E-state index in [1.54, 1.807) is 16.7 Å². The fraction of sp³-hybridized carbons (Fsp3) is 0.824. The van der Waals surface area contributed by atoms with Crippen molar-refractivity contribution < 1.29 is 19.1 Å². The maximum Gasteiger partial charge on any atom is 0.409 e. The molecule has 2 fully saturated rings. The van der Waals surface area contributed by atoms with Crippen LogP contribution in [0.15, 0.2) is 0 Å². The van der Waals surface area contributed by atoms with E-state index in [1.807, 2.05) is 19.0 Å². The quantitative estimate of drug-likeness (QED) is 0.733. The van der Waals surface area contributed by atoms with Gasteiger partial charge in [0.25, 0.3) is 0 Å². The van der Waals surface area contributed by atoms with Crippen LogP contribution in [0, 0.1) is 5.92 Å². The number of rotatable bonds is 6.